The highest BCUT2D eigenvalue weighted by molar-refractivity contribution is 5.88. The summed E-state index contributed by atoms with van der Waals surface area (Å²) in [5.41, 5.74) is 7.14. The summed E-state index contributed by atoms with van der Waals surface area (Å²) in [6.45, 7) is 24.1. The van der Waals surface area contributed by atoms with Crippen molar-refractivity contribution >= 4 is 27.6 Å². The number of aromatic nitrogens is 4. The van der Waals surface area contributed by atoms with Crippen molar-refractivity contribution in [3.63, 3.8) is 0 Å². The van der Waals surface area contributed by atoms with Gasteiger partial charge in [0.25, 0.3) is 0 Å². The molecule has 0 saturated heterocycles. The lowest BCUT2D eigenvalue weighted by Crippen LogP contribution is -2.12. The van der Waals surface area contributed by atoms with E-state index in [1.165, 1.54) is 0 Å². The van der Waals surface area contributed by atoms with Crippen molar-refractivity contribution in [2.75, 3.05) is 0 Å². The van der Waals surface area contributed by atoms with Crippen molar-refractivity contribution in [1.29, 1.82) is 0 Å². The van der Waals surface area contributed by atoms with Gasteiger partial charge in [-0.1, -0.05) is 91.5 Å². The molecule has 2 heterocycles. The monoisotopic (exact) mass is 564 g/mol. The predicted octanol–water partition coefficient (Wildman–Crippen LogP) is 11.0. The fourth-order valence-electron chi connectivity index (χ4n) is 4.03. The van der Waals surface area contributed by atoms with Crippen molar-refractivity contribution in [2.24, 2.45) is 0 Å². The van der Waals surface area contributed by atoms with Gasteiger partial charge in [-0.3, -0.25) is 0 Å². The number of hydrogen-bond donors (Lipinski definition) is 2. The van der Waals surface area contributed by atoms with E-state index in [-0.39, 0.29) is 5.41 Å². The summed E-state index contributed by atoms with van der Waals surface area (Å²) in [5.74, 6) is 3.35. The smallest absolute Gasteiger partial charge is 0.138 e. The number of nitrogens with one attached hydrogen (secondary N) is 2. The summed E-state index contributed by atoms with van der Waals surface area (Å²) in [4.78, 5) is 16.6. The lowest BCUT2D eigenvalue weighted by atomic mass is 9.96. The number of fused-ring (bicyclic) bond motifs is 2. The highest BCUT2D eigenvalue weighted by atomic mass is 16.5. The number of ether oxygens (including phenoxy) is 1. The van der Waals surface area contributed by atoms with E-state index in [4.69, 9.17) is 14.7 Å². The Labute approximate surface area is 252 Å². The summed E-state index contributed by atoms with van der Waals surface area (Å²) in [5, 5.41) is 0. The number of allylic oxidation sites excluding steroid dienone is 10. The molecule has 0 unspecified atom stereocenters. The molecule has 42 heavy (non-hydrogen) atoms. The van der Waals surface area contributed by atoms with Crippen molar-refractivity contribution in [1.82, 2.24) is 19.9 Å². The van der Waals surface area contributed by atoms with Crippen LogP contribution in [0.5, 0.6) is 0 Å². The Morgan fingerprint density at radius 1 is 0.810 bits per heavy atom. The zero-order valence-electron chi connectivity index (χ0n) is 27.1. The second-order valence-corrected chi connectivity index (χ2v) is 10.2. The average molecular weight is 565 g/mol. The third-order valence-electron chi connectivity index (χ3n) is 6.16. The van der Waals surface area contributed by atoms with Gasteiger partial charge in [-0.25, -0.2) is 9.97 Å². The van der Waals surface area contributed by atoms with Crippen molar-refractivity contribution in [3.05, 3.63) is 115 Å². The van der Waals surface area contributed by atoms with Gasteiger partial charge in [-0.2, -0.15) is 0 Å². The van der Waals surface area contributed by atoms with E-state index < -0.39 is 0 Å². The maximum atomic E-state index is 5.94. The molecule has 0 amide bonds. The van der Waals surface area contributed by atoms with E-state index in [0.29, 0.717) is 0 Å². The third-order valence-corrected chi connectivity index (χ3v) is 6.16. The van der Waals surface area contributed by atoms with Crippen LogP contribution in [0, 0.1) is 0 Å². The lowest BCUT2D eigenvalue weighted by molar-refractivity contribution is 0.322. The zero-order chi connectivity index (χ0) is 31.3. The number of rotatable bonds is 8. The fourth-order valence-corrected chi connectivity index (χ4v) is 4.03. The largest absolute Gasteiger partial charge is 0.462 e. The highest BCUT2D eigenvalue weighted by Crippen LogP contribution is 2.29. The fraction of sp³-hybridized carbons (Fsp3) is 0.297. The van der Waals surface area contributed by atoms with Crippen LogP contribution in [0.4, 0.5) is 0 Å². The minimum atomic E-state index is -0.0263. The lowest BCUT2D eigenvalue weighted by Gasteiger charge is -2.13. The highest BCUT2D eigenvalue weighted by Gasteiger charge is 2.18. The molecule has 0 radical (unpaired) electrons. The maximum Gasteiger partial charge on any atom is 0.138 e. The van der Waals surface area contributed by atoms with Crippen molar-refractivity contribution in [3.8, 4) is 11.1 Å². The molecule has 5 nitrogen and oxygen atoms in total. The molecule has 0 fully saturated rings. The Morgan fingerprint density at radius 2 is 1.40 bits per heavy atom. The SMILES string of the molecule is C=C/C=C\C=C(/C)OC(/C=C\C(=C/C)c1nc2ccc(-c3ccc4nc(C(C)(C)C)[nH]c4c3)cc2[nH]1)=C/C.CC.CC. The molecule has 5 heteroatoms. The molecule has 0 bridgehead atoms. The van der Waals surface area contributed by atoms with Crippen LogP contribution >= 0.6 is 0 Å². The molecule has 2 aromatic carbocycles. The van der Waals surface area contributed by atoms with Gasteiger partial charge in [-0.05, 0) is 80.5 Å². The molecular weight excluding hydrogens is 516 g/mol. The minimum Gasteiger partial charge on any atom is -0.462 e. The van der Waals surface area contributed by atoms with Gasteiger partial charge in [0.1, 0.15) is 23.2 Å². The first-order chi connectivity index (χ1) is 20.2. The van der Waals surface area contributed by atoms with Crippen LogP contribution in [-0.2, 0) is 10.2 Å². The van der Waals surface area contributed by atoms with Gasteiger partial charge in [-0.15, -0.1) is 0 Å². The number of hydrogen-bond acceptors (Lipinski definition) is 3. The van der Waals surface area contributed by atoms with Crippen LogP contribution in [0.3, 0.4) is 0 Å². The van der Waals surface area contributed by atoms with Crippen LogP contribution in [0.1, 0.15) is 80.9 Å². The number of H-pyrrole nitrogens is 2. The topological polar surface area (TPSA) is 66.6 Å². The average Bonchev–Trinajstić information content (AvgIpc) is 3.63. The first kappa shape index (κ1) is 33.8. The molecule has 0 aliphatic heterocycles. The molecule has 0 saturated carbocycles. The van der Waals surface area contributed by atoms with Gasteiger partial charge in [0.2, 0.25) is 0 Å². The Kier molecular flexibility index (Phi) is 13.0. The van der Waals surface area contributed by atoms with Crippen LogP contribution in [-0.4, -0.2) is 19.9 Å². The Bertz CT molecular complexity index is 1610. The van der Waals surface area contributed by atoms with Crippen LogP contribution in [0.25, 0.3) is 38.8 Å². The van der Waals surface area contributed by atoms with Crippen LogP contribution in [0.2, 0.25) is 0 Å². The van der Waals surface area contributed by atoms with E-state index in [2.05, 4.69) is 73.7 Å². The molecule has 0 atom stereocenters. The Hall–Kier alpha value is -4.38. The van der Waals surface area contributed by atoms with E-state index in [1.807, 2.05) is 91.0 Å². The second-order valence-electron chi connectivity index (χ2n) is 10.2. The van der Waals surface area contributed by atoms with Gasteiger partial charge >= 0.3 is 0 Å². The van der Waals surface area contributed by atoms with Crippen LogP contribution < -0.4 is 0 Å². The van der Waals surface area contributed by atoms with Gasteiger partial charge in [0.05, 0.1) is 22.1 Å². The van der Waals surface area contributed by atoms with E-state index in [9.17, 15) is 0 Å². The van der Waals surface area contributed by atoms with Gasteiger partial charge in [0.15, 0.2) is 0 Å². The number of aromatic amines is 2. The number of imidazole rings is 2. The Balaban J connectivity index is 0.00000148. The summed E-state index contributed by atoms with van der Waals surface area (Å²) in [6.07, 6.45) is 15.3. The predicted molar refractivity (Wildman–Crippen MR) is 183 cm³/mol. The molecule has 4 aromatic rings. The molecule has 2 aromatic heterocycles. The van der Waals surface area contributed by atoms with Crippen molar-refractivity contribution < 1.29 is 4.74 Å². The third kappa shape index (κ3) is 8.81. The normalized spacial score (nSPS) is 12.9. The quantitative estimate of drug-likeness (QED) is 0.165. The standard InChI is InChI=1S/C33H36N4O.2C2H6/c1-8-11-12-13-22(4)38-26(10-3)17-14-23(9-2)31-34-27-18-15-24(20-29(27)35-31)25-16-19-28-30(21-25)37-32(36-28)33(5,6)7;2*1-2/h8-21H,1H2,2-7H3,(H,34,35)(H,36,37);2*1-2H3/b12-11-,17-14-,22-13+,23-9+,26-10+;;. The first-order valence-corrected chi connectivity index (χ1v) is 14.9. The van der Waals surface area contributed by atoms with E-state index in [0.717, 1.165) is 61.9 Å². The second kappa shape index (κ2) is 16.2. The van der Waals surface area contributed by atoms with E-state index >= 15 is 0 Å². The minimum absolute atomic E-state index is 0.0263. The summed E-state index contributed by atoms with van der Waals surface area (Å²) in [6, 6.07) is 12.7. The van der Waals surface area contributed by atoms with Gasteiger partial charge in [0, 0.05) is 11.0 Å². The van der Waals surface area contributed by atoms with Crippen LogP contribution in [0.15, 0.2) is 103 Å². The first-order valence-electron chi connectivity index (χ1n) is 14.9. The number of benzene rings is 2. The summed E-state index contributed by atoms with van der Waals surface area (Å²) >= 11 is 0. The molecule has 2 N–H and O–H groups in total. The molecule has 222 valence electrons. The summed E-state index contributed by atoms with van der Waals surface area (Å²) in [7, 11) is 0. The maximum absolute atomic E-state index is 5.94. The molecule has 0 aliphatic carbocycles. The van der Waals surface area contributed by atoms with E-state index in [1.54, 1.807) is 6.08 Å². The molecule has 4 rings (SSSR count). The summed E-state index contributed by atoms with van der Waals surface area (Å²) < 4.78 is 5.94. The zero-order valence-corrected chi connectivity index (χ0v) is 27.1. The van der Waals surface area contributed by atoms with Gasteiger partial charge < -0.3 is 14.7 Å². The Morgan fingerprint density at radius 3 is 1.95 bits per heavy atom. The van der Waals surface area contributed by atoms with Crippen molar-refractivity contribution in [2.45, 2.75) is 74.7 Å². The molecule has 0 spiro atoms. The molecule has 0 aliphatic rings. The number of nitrogens with zero attached hydrogens (tertiary/aromatic N) is 2. The molecular formula is C37H48N4O.